The van der Waals surface area contributed by atoms with Crippen LogP contribution in [0.1, 0.15) is 25.2 Å². The van der Waals surface area contributed by atoms with Gasteiger partial charge in [-0.2, -0.15) is 0 Å². The first-order valence-electron chi connectivity index (χ1n) is 9.98. The van der Waals surface area contributed by atoms with E-state index in [1.165, 1.54) is 11.8 Å². The van der Waals surface area contributed by atoms with Gasteiger partial charge in [0, 0.05) is 22.9 Å². The van der Waals surface area contributed by atoms with Gasteiger partial charge in [-0.15, -0.1) is 10.2 Å². The Morgan fingerprint density at radius 2 is 1.84 bits per heavy atom. The lowest BCUT2D eigenvalue weighted by molar-refractivity contribution is -0.116. The van der Waals surface area contributed by atoms with Crippen LogP contribution in [0.2, 0.25) is 5.02 Å². The number of aromatic nitrogens is 3. The number of para-hydroxylation sites is 1. The minimum absolute atomic E-state index is 0.105. The van der Waals surface area contributed by atoms with Crippen molar-refractivity contribution in [2.24, 2.45) is 0 Å². The number of nitrogens with zero attached hydrogens (tertiary/aromatic N) is 3. The molecule has 0 spiro atoms. The minimum atomic E-state index is -0.173. The van der Waals surface area contributed by atoms with Crippen LogP contribution in [0, 0.1) is 0 Å². The normalized spacial score (nSPS) is 10.7. The molecule has 2 N–H and O–H groups in total. The first-order valence-corrected chi connectivity index (χ1v) is 11.3. The number of anilines is 2. The number of halogens is 1. The van der Waals surface area contributed by atoms with Gasteiger partial charge in [-0.1, -0.05) is 54.6 Å². The second-order valence-electron chi connectivity index (χ2n) is 6.73. The van der Waals surface area contributed by atoms with Crippen LogP contribution in [0.15, 0.2) is 53.7 Å². The summed E-state index contributed by atoms with van der Waals surface area (Å²) in [5.74, 6) is 0.402. The van der Waals surface area contributed by atoms with Gasteiger partial charge in [0.25, 0.3) is 0 Å². The number of nitrogens with one attached hydrogen (secondary N) is 2. The van der Waals surface area contributed by atoms with Gasteiger partial charge in [-0.25, -0.2) is 0 Å². The van der Waals surface area contributed by atoms with Gasteiger partial charge in [0.1, 0.15) is 5.82 Å². The molecule has 0 saturated carbocycles. The van der Waals surface area contributed by atoms with Crippen LogP contribution in [-0.2, 0) is 29.0 Å². The van der Waals surface area contributed by atoms with Crippen LogP contribution in [-0.4, -0.2) is 32.3 Å². The Morgan fingerprint density at radius 3 is 2.58 bits per heavy atom. The van der Waals surface area contributed by atoms with Gasteiger partial charge >= 0.3 is 0 Å². The Bertz CT molecular complexity index is 1070. The second-order valence-corrected chi connectivity index (χ2v) is 8.10. The highest BCUT2D eigenvalue weighted by Crippen LogP contribution is 2.20. The zero-order valence-corrected chi connectivity index (χ0v) is 19.0. The van der Waals surface area contributed by atoms with E-state index in [4.69, 9.17) is 11.6 Å². The Morgan fingerprint density at radius 1 is 1.03 bits per heavy atom. The van der Waals surface area contributed by atoms with Crippen LogP contribution in [0.5, 0.6) is 0 Å². The van der Waals surface area contributed by atoms with Crippen LogP contribution in [0.3, 0.4) is 0 Å². The number of amides is 2. The molecule has 0 bridgehead atoms. The van der Waals surface area contributed by atoms with E-state index in [0.717, 1.165) is 17.7 Å². The number of benzene rings is 2. The van der Waals surface area contributed by atoms with Gasteiger partial charge in [0.15, 0.2) is 5.16 Å². The molecule has 0 aliphatic rings. The number of rotatable bonds is 9. The van der Waals surface area contributed by atoms with Crippen molar-refractivity contribution in [2.75, 3.05) is 16.4 Å². The molecule has 0 unspecified atom stereocenters. The summed E-state index contributed by atoms with van der Waals surface area (Å²) in [6, 6.07) is 14.7. The van der Waals surface area contributed by atoms with Gasteiger partial charge in [0.2, 0.25) is 11.8 Å². The topological polar surface area (TPSA) is 88.9 Å². The van der Waals surface area contributed by atoms with E-state index in [0.29, 0.717) is 28.2 Å². The lowest BCUT2D eigenvalue weighted by Gasteiger charge is -2.10. The fourth-order valence-corrected chi connectivity index (χ4v) is 4.07. The maximum absolute atomic E-state index is 12.6. The molecule has 2 aromatic carbocycles. The molecule has 0 fully saturated rings. The number of hydrogen-bond donors (Lipinski definition) is 2. The number of aryl methyl sites for hydroxylation is 1. The molecule has 7 nitrogen and oxygen atoms in total. The zero-order chi connectivity index (χ0) is 22.2. The van der Waals surface area contributed by atoms with E-state index in [-0.39, 0.29) is 24.0 Å². The lowest BCUT2D eigenvalue weighted by atomic mass is 10.1. The van der Waals surface area contributed by atoms with Crippen LogP contribution in [0.4, 0.5) is 11.4 Å². The molecule has 31 heavy (non-hydrogen) atoms. The van der Waals surface area contributed by atoms with Gasteiger partial charge in [-0.3, -0.25) is 9.59 Å². The van der Waals surface area contributed by atoms with E-state index in [2.05, 4.69) is 20.8 Å². The molecule has 9 heteroatoms. The molecule has 0 saturated heterocycles. The number of carbonyl (C=O) groups is 2. The van der Waals surface area contributed by atoms with Crippen molar-refractivity contribution in [1.82, 2.24) is 14.8 Å². The van der Waals surface area contributed by atoms with E-state index < -0.39 is 0 Å². The van der Waals surface area contributed by atoms with Crippen molar-refractivity contribution in [1.29, 1.82) is 0 Å². The molecule has 0 atom stereocenters. The third-order valence-electron chi connectivity index (χ3n) is 4.54. The van der Waals surface area contributed by atoms with Crippen molar-refractivity contribution >= 4 is 46.6 Å². The molecule has 3 rings (SSSR count). The summed E-state index contributed by atoms with van der Waals surface area (Å²) in [6.07, 6.45) is 0.938. The Hall–Kier alpha value is -2.84. The largest absolute Gasteiger partial charge is 0.325 e. The third kappa shape index (κ3) is 6.32. The summed E-state index contributed by atoms with van der Waals surface area (Å²) < 4.78 is 1.85. The van der Waals surface area contributed by atoms with Crippen LogP contribution >= 0.6 is 23.4 Å². The number of thioether (sulfide) groups is 1. The number of hydrogen-bond acceptors (Lipinski definition) is 5. The fraction of sp³-hybridized carbons (Fsp3) is 0.273. The predicted octanol–water partition coefficient (Wildman–Crippen LogP) is 4.43. The van der Waals surface area contributed by atoms with E-state index >= 15 is 0 Å². The summed E-state index contributed by atoms with van der Waals surface area (Å²) in [4.78, 5) is 24.8. The maximum Gasteiger partial charge on any atom is 0.234 e. The SMILES string of the molecule is CCc1ccccc1NC(=O)Cc1nnc(SCC(=O)Nc2cccc(Cl)c2)n1CC. The van der Waals surface area contributed by atoms with Gasteiger partial charge in [-0.05, 0) is 43.2 Å². The van der Waals surface area contributed by atoms with E-state index in [1.807, 2.05) is 42.7 Å². The van der Waals surface area contributed by atoms with Crippen molar-refractivity contribution in [3.8, 4) is 0 Å². The van der Waals surface area contributed by atoms with Crippen LogP contribution < -0.4 is 10.6 Å². The molecule has 0 aliphatic carbocycles. The maximum atomic E-state index is 12.6. The molecule has 162 valence electrons. The van der Waals surface area contributed by atoms with Crippen molar-refractivity contribution in [3.05, 3.63) is 64.9 Å². The lowest BCUT2D eigenvalue weighted by Crippen LogP contribution is -2.18. The highest BCUT2D eigenvalue weighted by atomic mass is 35.5. The molecule has 0 radical (unpaired) electrons. The summed E-state index contributed by atoms with van der Waals surface area (Å²) in [6.45, 7) is 4.59. The van der Waals surface area contributed by atoms with Crippen molar-refractivity contribution in [2.45, 2.75) is 38.4 Å². The quantitative estimate of drug-likeness (QED) is 0.464. The highest BCUT2D eigenvalue weighted by molar-refractivity contribution is 7.99. The monoisotopic (exact) mass is 457 g/mol. The molecule has 3 aromatic rings. The summed E-state index contributed by atoms with van der Waals surface area (Å²) in [5.41, 5.74) is 2.53. The molecule has 1 aromatic heterocycles. The summed E-state index contributed by atoms with van der Waals surface area (Å²) in [7, 11) is 0. The first kappa shape index (κ1) is 22.8. The predicted molar refractivity (Wildman–Crippen MR) is 125 cm³/mol. The summed E-state index contributed by atoms with van der Waals surface area (Å²) >= 11 is 7.22. The summed E-state index contributed by atoms with van der Waals surface area (Å²) in [5, 5.41) is 15.2. The minimum Gasteiger partial charge on any atom is -0.325 e. The van der Waals surface area contributed by atoms with E-state index in [9.17, 15) is 9.59 Å². The molecule has 1 heterocycles. The van der Waals surface area contributed by atoms with Gasteiger partial charge in [0.05, 0.1) is 12.2 Å². The second kappa shape index (κ2) is 11.0. The average molecular weight is 458 g/mol. The van der Waals surface area contributed by atoms with Gasteiger partial charge < -0.3 is 15.2 Å². The van der Waals surface area contributed by atoms with Crippen molar-refractivity contribution in [3.63, 3.8) is 0 Å². The first-order chi connectivity index (χ1) is 15.0. The average Bonchev–Trinajstić information content (AvgIpc) is 3.13. The highest BCUT2D eigenvalue weighted by Gasteiger charge is 2.16. The van der Waals surface area contributed by atoms with Crippen LogP contribution in [0.25, 0.3) is 0 Å². The Labute approximate surface area is 190 Å². The molecule has 0 aliphatic heterocycles. The molecular formula is C22H24ClN5O2S. The molecule has 2 amide bonds. The Kier molecular flexibility index (Phi) is 8.08. The smallest absolute Gasteiger partial charge is 0.234 e. The zero-order valence-electron chi connectivity index (χ0n) is 17.4. The Balaban J connectivity index is 1.59. The standard InChI is InChI=1S/C22H24ClN5O2S/c1-3-15-8-5-6-11-18(15)25-20(29)13-19-26-27-22(28(19)4-2)31-14-21(30)24-17-10-7-9-16(23)12-17/h5-12H,3-4,13-14H2,1-2H3,(H,24,30)(H,25,29). The van der Waals surface area contributed by atoms with Crippen molar-refractivity contribution < 1.29 is 9.59 Å². The molecular weight excluding hydrogens is 434 g/mol. The van der Waals surface area contributed by atoms with E-state index in [1.54, 1.807) is 24.3 Å². The number of carbonyl (C=O) groups excluding carboxylic acids is 2. The third-order valence-corrected chi connectivity index (χ3v) is 5.74. The fourth-order valence-electron chi connectivity index (χ4n) is 3.06.